The van der Waals surface area contributed by atoms with Crippen LogP contribution < -0.4 is 5.56 Å². The highest BCUT2D eigenvalue weighted by atomic mass is 32.1. The van der Waals surface area contributed by atoms with E-state index in [1.165, 1.54) is 15.7 Å². The van der Waals surface area contributed by atoms with E-state index in [1.54, 1.807) is 36.3 Å². The van der Waals surface area contributed by atoms with Crippen molar-refractivity contribution >= 4 is 33.1 Å². The molecular weight excluding hydrogens is 334 g/mol. The molecule has 0 saturated heterocycles. The van der Waals surface area contributed by atoms with Crippen molar-refractivity contribution in [2.24, 2.45) is 0 Å². The molecule has 1 amide bonds. The van der Waals surface area contributed by atoms with Crippen molar-refractivity contribution in [1.82, 2.24) is 14.3 Å². The summed E-state index contributed by atoms with van der Waals surface area (Å²) in [5, 5.41) is 0.477. The van der Waals surface area contributed by atoms with Crippen LogP contribution in [0.15, 0.2) is 65.6 Å². The fourth-order valence-electron chi connectivity index (χ4n) is 2.77. The van der Waals surface area contributed by atoms with Gasteiger partial charge < -0.3 is 4.90 Å². The molecule has 0 aliphatic rings. The third-order valence-corrected chi connectivity index (χ3v) is 5.05. The molecule has 3 aromatic heterocycles. The third-order valence-electron chi connectivity index (χ3n) is 4.04. The molecule has 3 heterocycles. The summed E-state index contributed by atoms with van der Waals surface area (Å²) in [5.74, 6) is -0.111. The highest BCUT2D eigenvalue weighted by Gasteiger charge is 2.18. The largest absolute Gasteiger partial charge is 0.337 e. The van der Waals surface area contributed by atoms with Gasteiger partial charge >= 0.3 is 0 Å². The zero-order valence-corrected chi connectivity index (χ0v) is 14.4. The molecule has 0 spiro atoms. The van der Waals surface area contributed by atoms with Crippen LogP contribution in [0.2, 0.25) is 0 Å². The molecule has 0 fully saturated rings. The molecule has 0 aliphatic heterocycles. The first-order valence-electron chi connectivity index (χ1n) is 7.84. The van der Waals surface area contributed by atoms with E-state index in [0.717, 1.165) is 5.56 Å². The van der Waals surface area contributed by atoms with Crippen LogP contribution in [0, 0.1) is 0 Å². The van der Waals surface area contributed by atoms with Crippen molar-refractivity contribution in [3.8, 4) is 0 Å². The Labute approximate surface area is 147 Å². The number of thiophene rings is 1. The van der Waals surface area contributed by atoms with E-state index in [0.29, 0.717) is 27.3 Å². The van der Waals surface area contributed by atoms with Crippen molar-refractivity contribution in [2.45, 2.75) is 6.54 Å². The Kier molecular flexibility index (Phi) is 3.82. The number of nitrogens with zero attached hydrogens (tertiary/aromatic N) is 3. The van der Waals surface area contributed by atoms with Gasteiger partial charge in [0.15, 0.2) is 0 Å². The summed E-state index contributed by atoms with van der Waals surface area (Å²) in [6, 6.07) is 16.9. The summed E-state index contributed by atoms with van der Waals surface area (Å²) >= 11 is 1.26. The van der Waals surface area contributed by atoms with Gasteiger partial charge in [-0.05, 0) is 23.8 Å². The summed E-state index contributed by atoms with van der Waals surface area (Å²) in [6.45, 7) is 0.516. The van der Waals surface area contributed by atoms with Crippen LogP contribution in [-0.4, -0.2) is 27.2 Å². The van der Waals surface area contributed by atoms with Crippen LogP contribution in [0.25, 0.3) is 15.9 Å². The molecule has 0 unspecified atom stereocenters. The maximum atomic E-state index is 12.7. The standard InChI is InChI=1S/C19H15N3O2S/c1-21(12-13-7-3-2-4-8-13)19(24)15-11-14-17(25-15)20-16-9-5-6-10-22(16)18(14)23/h2-11H,12H2,1H3. The second-order valence-corrected chi connectivity index (χ2v) is 6.85. The van der Waals surface area contributed by atoms with Gasteiger partial charge in [-0.15, -0.1) is 11.3 Å². The second kappa shape index (κ2) is 6.14. The van der Waals surface area contributed by atoms with E-state index in [2.05, 4.69) is 4.98 Å². The number of benzene rings is 1. The van der Waals surface area contributed by atoms with Gasteiger partial charge in [0, 0.05) is 19.8 Å². The maximum absolute atomic E-state index is 12.7. The van der Waals surface area contributed by atoms with Crippen LogP contribution >= 0.6 is 11.3 Å². The molecule has 0 N–H and O–H groups in total. The molecule has 5 nitrogen and oxygen atoms in total. The summed E-state index contributed by atoms with van der Waals surface area (Å²) in [7, 11) is 1.76. The lowest BCUT2D eigenvalue weighted by Crippen LogP contribution is -2.25. The number of fused-ring (bicyclic) bond motifs is 2. The molecule has 4 aromatic rings. The topological polar surface area (TPSA) is 54.7 Å². The molecule has 4 rings (SSSR count). The highest BCUT2D eigenvalue weighted by Crippen LogP contribution is 2.23. The number of carbonyl (C=O) groups excluding carboxylic acids is 1. The van der Waals surface area contributed by atoms with Gasteiger partial charge in [0.2, 0.25) is 0 Å². The van der Waals surface area contributed by atoms with Crippen LogP contribution in [0.3, 0.4) is 0 Å². The monoisotopic (exact) mass is 349 g/mol. The fourth-order valence-corrected chi connectivity index (χ4v) is 3.79. The summed E-state index contributed by atoms with van der Waals surface area (Å²) in [4.78, 5) is 32.6. The summed E-state index contributed by atoms with van der Waals surface area (Å²) in [6.07, 6.45) is 1.69. The lowest BCUT2D eigenvalue weighted by molar-refractivity contribution is 0.0790. The SMILES string of the molecule is CN(Cc1ccccc1)C(=O)c1cc2c(=O)n3ccccc3nc2s1. The molecule has 0 aliphatic carbocycles. The quantitative estimate of drug-likeness (QED) is 0.571. The minimum absolute atomic E-state index is 0.111. The van der Waals surface area contributed by atoms with Crippen LogP contribution in [0.1, 0.15) is 15.2 Å². The van der Waals surface area contributed by atoms with E-state index in [-0.39, 0.29) is 11.5 Å². The van der Waals surface area contributed by atoms with Crippen molar-refractivity contribution in [1.29, 1.82) is 0 Å². The smallest absolute Gasteiger partial charge is 0.266 e. The summed E-state index contributed by atoms with van der Waals surface area (Å²) in [5.41, 5.74) is 1.49. The molecule has 124 valence electrons. The zero-order valence-electron chi connectivity index (χ0n) is 13.5. The van der Waals surface area contributed by atoms with Crippen LogP contribution in [0.5, 0.6) is 0 Å². The number of carbonyl (C=O) groups is 1. The zero-order chi connectivity index (χ0) is 17.4. The first-order chi connectivity index (χ1) is 12.1. The Balaban J connectivity index is 1.71. The van der Waals surface area contributed by atoms with Gasteiger partial charge in [-0.1, -0.05) is 36.4 Å². The third kappa shape index (κ3) is 2.81. The van der Waals surface area contributed by atoms with Crippen molar-refractivity contribution in [2.75, 3.05) is 7.05 Å². The number of amides is 1. The predicted molar refractivity (Wildman–Crippen MR) is 99.1 cm³/mol. The van der Waals surface area contributed by atoms with Crippen LogP contribution in [-0.2, 0) is 6.54 Å². The van der Waals surface area contributed by atoms with Gasteiger partial charge in [-0.25, -0.2) is 4.98 Å². The molecule has 6 heteroatoms. The van der Waals surface area contributed by atoms with E-state index in [1.807, 2.05) is 36.4 Å². The molecule has 0 saturated carbocycles. The van der Waals surface area contributed by atoms with Gasteiger partial charge in [0.1, 0.15) is 10.5 Å². The average Bonchev–Trinajstić information content (AvgIpc) is 3.06. The van der Waals surface area contributed by atoms with Gasteiger partial charge in [-0.3, -0.25) is 14.0 Å². The molecule has 0 bridgehead atoms. The normalized spacial score (nSPS) is 11.1. The Hall–Kier alpha value is -2.99. The number of hydrogen-bond donors (Lipinski definition) is 0. The van der Waals surface area contributed by atoms with Crippen molar-refractivity contribution in [3.63, 3.8) is 0 Å². The predicted octanol–water partition coefficient (Wildman–Crippen LogP) is 3.18. The Morgan fingerprint density at radius 2 is 1.92 bits per heavy atom. The first kappa shape index (κ1) is 15.5. The van der Waals surface area contributed by atoms with Crippen LogP contribution in [0.4, 0.5) is 0 Å². The number of pyridine rings is 1. The van der Waals surface area contributed by atoms with E-state index >= 15 is 0 Å². The summed E-state index contributed by atoms with van der Waals surface area (Å²) < 4.78 is 1.50. The Bertz CT molecular complexity index is 1130. The van der Waals surface area contributed by atoms with E-state index < -0.39 is 0 Å². The Morgan fingerprint density at radius 3 is 2.72 bits per heavy atom. The fraction of sp³-hybridized carbons (Fsp3) is 0.105. The lowest BCUT2D eigenvalue weighted by atomic mass is 10.2. The highest BCUT2D eigenvalue weighted by molar-refractivity contribution is 7.20. The van der Waals surface area contributed by atoms with Gasteiger partial charge in [0.25, 0.3) is 11.5 Å². The first-order valence-corrected chi connectivity index (χ1v) is 8.65. The van der Waals surface area contributed by atoms with Crippen molar-refractivity contribution in [3.05, 3.63) is 81.6 Å². The number of aromatic nitrogens is 2. The molecular formula is C19H15N3O2S. The van der Waals surface area contributed by atoms with Gasteiger partial charge in [-0.2, -0.15) is 0 Å². The van der Waals surface area contributed by atoms with Crippen molar-refractivity contribution < 1.29 is 4.79 Å². The average molecular weight is 349 g/mol. The lowest BCUT2D eigenvalue weighted by Gasteiger charge is -2.16. The molecule has 1 aromatic carbocycles. The molecule has 0 atom stereocenters. The van der Waals surface area contributed by atoms with E-state index in [4.69, 9.17) is 0 Å². The van der Waals surface area contributed by atoms with Gasteiger partial charge in [0.05, 0.1) is 10.3 Å². The minimum Gasteiger partial charge on any atom is -0.337 e. The maximum Gasteiger partial charge on any atom is 0.266 e. The second-order valence-electron chi connectivity index (χ2n) is 5.82. The molecule has 25 heavy (non-hydrogen) atoms. The van der Waals surface area contributed by atoms with E-state index in [9.17, 15) is 9.59 Å². The number of rotatable bonds is 3. The molecule has 0 radical (unpaired) electrons. The minimum atomic E-state index is -0.151. The Morgan fingerprint density at radius 1 is 1.16 bits per heavy atom. The number of hydrogen-bond acceptors (Lipinski definition) is 4.